The first kappa shape index (κ1) is 9.68. The van der Waals surface area contributed by atoms with E-state index in [9.17, 15) is 9.18 Å². The molecule has 62 valence electrons. The van der Waals surface area contributed by atoms with E-state index in [4.69, 9.17) is 5.73 Å². The number of halogens is 1. The Kier molecular flexibility index (Phi) is 3.95. The highest BCUT2D eigenvalue weighted by Crippen LogP contribution is 2.05. The number of hydrogen-bond donors (Lipinski definition) is 1. The van der Waals surface area contributed by atoms with E-state index in [1.165, 1.54) is 13.2 Å². The van der Waals surface area contributed by atoms with Crippen LogP contribution in [0.3, 0.4) is 0 Å². The average Bonchev–Trinajstić information content (AvgIpc) is 2.05. The predicted octanol–water partition coefficient (Wildman–Crippen LogP) is 0.875. The maximum Gasteiger partial charge on any atom is 0.339 e. The maximum atomic E-state index is 11.8. The van der Waals surface area contributed by atoms with Crippen molar-refractivity contribution >= 4 is 5.97 Å². The molecule has 0 radical (unpaired) electrons. The zero-order chi connectivity index (χ0) is 8.85. The molecular formula is C7H10FNO2. The van der Waals surface area contributed by atoms with E-state index in [1.807, 2.05) is 0 Å². The van der Waals surface area contributed by atoms with E-state index in [2.05, 4.69) is 4.74 Å². The number of methoxy groups -OCH3 is 1. The number of ether oxygens (including phenoxy) is 1. The van der Waals surface area contributed by atoms with E-state index in [-0.39, 0.29) is 17.6 Å². The van der Waals surface area contributed by atoms with Crippen LogP contribution < -0.4 is 5.73 Å². The molecule has 0 saturated carbocycles. The Morgan fingerprint density at radius 1 is 1.64 bits per heavy atom. The van der Waals surface area contributed by atoms with Crippen molar-refractivity contribution in [1.82, 2.24) is 0 Å². The van der Waals surface area contributed by atoms with Crippen LogP contribution in [0.15, 0.2) is 23.7 Å². The van der Waals surface area contributed by atoms with Crippen molar-refractivity contribution in [2.45, 2.75) is 6.92 Å². The lowest BCUT2D eigenvalue weighted by Crippen LogP contribution is -2.11. The summed E-state index contributed by atoms with van der Waals surface area (Å²) < 4.78 is 16.1. The van der Waals surface area contributed by atoms with Crippen molar-refractivity contribution in [2.24, 2.45) is 5.73 Å². The van der Waals surface area contributed by atoms with Crippen molar-refractivity contribution in [3.8, 4) is 0 Å². The van der Waals surface area contributed by atoms with Gasteiger partial charge in [-0.1, -0.05) is 6.08 Å². The lowest BCUT2D eigenvalue weighted by Gasteiger charge is -2.01. The summed E-state index contributed by atoms with van der Waals surface area (Å²) >= 11 is 0. The van der Waals surface area contributed by atoms with Gasteiger partial charge in [0.25, 0.3) is 0 Å². The molecule has 0 heterocycles. The minimum absolute atomic E-state index is 0.0370. The molecule has 0 aromatic heterocycles. The molecule has 0 fully saturated rings. The number of nitrogens with two attached hydrogens (primary N) is 1. The quantitative estimate of drug-likeness (QED) is 0.369. The van der Waals surface area contributed by atoms with Gasteiger partial charge >= 0.3 is 5.97 Å². The van der Waals surface area contributed by atoms with E-state index in [1.54, 1.807) is 6.92 Å². The Hall–Kier alpha value is -1.32. The molecule has 0 spiro atoms. The van der Waals surface area contributed by atoms with Crippen LogP contribution >= 0.6 is 0 Å². The molecule has 0 bridgehead atoms. The van der Waals surface area contributed by atoms with Crippen molar-refractivity contribution in [1.29, 1.82) is 0 Å². The summed E-state index contributed by atoms with van der Waals surface area (Å²) in [5.74, 6) is -0.640. The number of carbonyl (C=O) groups is 1. The van der Waals surface area contributed by atoms with Crippen LogP contribution in [0.25, 0.3) is 0 Å². The van der Waals surface area contributed by atoms with Gasteiger partial charge in [-0.2, -0.15) is 0 Å². The Morgan fingerprint density at radius 2 is 2.18 bits per heavy atom. The van der Waals surface area contributed by atoms with E-state index < -0.39 is 5.97 Å². The fourth-order valence-electron chi connectivity index (χ4n) is 0.571. The molecule has 0 unspecified atom stereocenters. The minimum atomic E-state index is -0.640. The van der Waals surface area contributed by atoms with Gasteiger partial charge in [-0.25, -0.2) is 9.18 Å². The second-order valence-electron chi connectivity index (χ2n) is 1.76. The van der Waals surface area contributed by atoms with Gasteiger partial charge < -0.3 is 10.5 Å². The molecule has 4 heteroatoms. The van der Waals surface area contributed by atoms with E-state index in [0.717, 1.165) is 0 Å². The van der Waals surface area contributed by atoms with Crippen molar-refractivity contribution in [3.05, 3.63) is 23.7 Å². The highest BCUT2D eigenvalue weighted by atomic mass is 19.1. The molecule has 0 rings (SSSR count). The van der Waals surface area contributed by atoms with Gasteiger partial charge in [0.1, 0.15) is 6.33 Å². The molecule has 0 amide bonds. The Morgan fingerprint density at radius 3 is 2.45 bits per heavy atom. The SMILES string of the molecule is C/C=C(C(=O)OC)\C(N)=C\F. The molecule has 3 nitrogen and oxygen atoms in total. The van der Waals surface area contributed by atoms with Crippen LogP contribution in [0.5, 0.6) is 0 Å². The third kappa shape index (κ3) is 2.41. The Bertz CT molecular complexity index is 208. The summed E-state index contributed by atoms with van der Waals surface area (Å²) in [7, 11) is 1.21. The van der Waals surface area contributed by atoms with Crippen LogP contribution in [0.1, 0.15) is 6.92 Å². The second-order valence-corrected chi connectivity index (χ2v) is 1.76. The zero-order valence-corrected chi connectivity index (χ0v) is 6.43. The van der Waals surface area contributed by atoms with Crippen molar-refractivity contribution in [2.75, 3.05) is 7.11 Å². The Labute approximate surface area is 64.3 Å². The zero-order valence-electron chi connectivity index (χ0n) is 6.43. The molecule has 0 atom stereocenters. The summed E-state index contributed by atoms with van der Waals surface area (Å²) in [6.07, 6.45) is 1.55. The smallest absolute Gasteiger partial charge is 0.339 e. The van der Waals surface area contributed by atoms with Gasteiger partial charge in [-0.15, -0.1) is 0 Å². The number of carbonyl (C=O) groups excluding carboxylic acids is 1. The molecule has 0 aliphatic rings. The lowest BCUT2D eigenvalue weighted by atomic mass is 10.2. The highest BCUT2D eigenvalue weighted by Gasteiger charge is 2.10. The molecule has 0 aliphatic heterocycles. The molecular weight excluding hydrogens is 149 g/mol. The van der Waals surface area contributed by atoms with Crippen LogP contribution in [-0.4, -0.2) is 13.1 Å². The van der Waals surface area contributed by atoms with Gasteiger partial charge in [0.2, 0.25) is 0 Å². The number of esters is 1. The first-order valence-corrected chi connectivity index (χ1v) is 2.98. The molecule has 0 saturated heterocycles. The number of rotatable bonds is 2. The average molecular weight is 159 g/mol. The molecule has 0 aromatic rings. The first-order chi connectivity index (χ1) is 5.17. The van der Waals surface area contributed by atoms with E-state index >= 15 is 0 Å². The topological polar surface area (TPSA) is 52.3 Å². The minimum Gasteiger partial charge on any atom is -0.465 e. The van der Waals surface area contributed by atoms with Gasteiger partial charge in [0.15, 0.2) is 0 Å². The van der Waals surface area contributed by atoms with Gasteiger partial charge in [-0.3, -0.25) is 0 Å². The lowest BCUT2D eigenvalue weighted by molar-refractivity contribution is -0.135. The van der Waals surface area contributed by atoms with Crippen LogP contribution in [0, 0.1) is 0 Å². The monoisotopic (exact) mass is 159 g/mol. The highest BCUT2D eigenvalue weighted by molar-refractivity contribution is 5.92. The molecule has 2 N–H and O–H groups in total. The summed E-state index contributed by atoms with van der Waals surface area (Å²) in [5, 5.41) is 0. The third-order valence-corrected chi connectivity index (χ3v) is 1.12. The van der Waals surface area contributed by atoms with Crippen LogP contribution in [-0.2, 0) is 9.53 Å². The Balaban J connectivity index is 4.57. The second kappa shape index (κ2) is 4.49. The maximum absolute atomic E-state index is 11.8. The number of allylic oxidation sites excluding steroid dienone is 1. The molecule has 0 aromatic carbocycles. The predicted molar refractivity (Wildman–Crippen MR) is 39.2 cm³/mol. The summed E-state index contributed by atoms with van der Waals surface area (Å²) in [6, 6.07) is 0. The molecule has 0 aliphatic carbocycles. The number of hydrogen-bond acceptors (Lipinski definition) is 3. The first-order valence-electron chi connectivity index (χ1n) is 2.98. The van der Waals surface area contributed by atoms with Crippen molar-refractivity contribution in [3.63, 3.8) is 0 Å². The summed E-state index contributed by atoms with van der Waals surface area (Å²) in [6.45, 7) is 1.57. The fourth-order valence-corrected chi connectivity index (χ4v) is 0.571. The van der Waals surface area contributed by atoms with Gasteiger partial charge in [-0.05, 0) is 6.92 Å². The molecule has 11 heavy (non-hydrogen) atoms. The van der Waals surface area contributed by atoms with Gasteiger partial charge in [0, 0.05) is 0 Å². The largest absolute Gasteiger partial charge is 0.465 e. The fraction of sp³-hybridized carbons (Fsp3) is 0.286. The normalized spacial score (nSPS) is 13.0. The summed E-state index contributed by atoms with van der Waals surface area (Å²) in [5.41, 5.74) is 4.94. The van der Waals surface area contributed by atoms with Crippen molar-refractivity contribution < 1.29 is 13.9 Å². The van der Waals surface area contributed by atoms with Crippen LogP contribution in [0.4, 0.5) is 4.39 Å². The van der Waals surface area contributed by atoms with Gasteiger partial charge in [0.05, 0.1) is 18.4 Å². The third-order valence-electron chi connectivity index (χ3n) is 1.12. The van der Waals surface area contributed by atoms with Crippen LogP contribution in [0.2, 0.25) is 0 Å². The van der Waals surface area contributed by atoms with E-state index in [0.29, 0.717) is 0 Å². The summed E-state index contributed by atoms with van der Waals surface area (Å²) in [4.78, 5) is 10.8. The standard InChI is InChI=1S/C7H10FNO2/c1-3-5(6(9)4-8)7(10)11-2/h3-4H,9H2,1-2H3/b5-3+,6-4-.